The van der Waals surface area contributed by atoms with E-state index in [2.05, 4.69) is 9.97 Å². The Morgan fingerprint density at radius 3 is 2.65 bits per heavy atom. The lowest BCUT2D eigenvalue weighted by molar-refractivity contribution is 0.428. The maximum atomic E-state index is 13.2. The molecule has 0 bridgehead atoms. The van der Waals surface area contributed by atoms with E-state index in [1.54, 1.807) is 6.20 Å². The molecule has 1 aliphatic rings. The van der Waals surface area contributed by atoms with E-state index < -0.39 is 21.7 Å². The van der Waals surface area contributed by atoms with Gasteiger partial charge in [-0.1, -0.05) is 0 Å². The number of fused-ring (bicyclic) bond motifs is 1. The fourth-order valence-corrected chi connectivity index (χ4v) is 3.42. The summed E-state index contributed by atoms with van der Waals surface area (Å²) >= 11 is 0. The molecule has 0 radical (unpaired) electrons. The summed E-state index contributed by atoms with van der Waals surface area (Å²) in [6.07, 6.45) is 2.88. The Morgan fingerprint density at radius 2 is 1.95 bits per heavy atom. The van der Waals surface area contributed by atoms with Crippen molar-refractivity contribution >= 4 is 10.0 Å². The molecular formula is C12H9F2N3O2S. The molecule has 0 fully saturated rings. The zero-order valence-electron chi connectivity index (χ0n) is 10.1. The zero-order chi connectivity index (χ0) is 14.3. The molecule has 0 N–H and O–H groups in total. The molecule has 2 aromatic rings. The molecule has 0 atom stereocenters. The van der Waals surface area contributed by atoms with Crippen LogP contribution in [-0.2, 0) is 23.1 Å². The smallest absolute Gasteiger partial charge is 0.243 e. The number of rotatable bonds is 2. The zero-order valence-corrected chi connectivity index (χ0v) is 10.9. The van der Waals surface area contributed by atoms with Crippen LogP contribution < -0.4 is 0 Å². The fourth-order valence-electron chi connectivity index (χ4n) is 2.03. The average molecular weight is 297 g/mol. The molecule has 20 heavy (non-hydrogen) atoms. The van der Waals surface area contributed by atoms with Crippen LogP contribution in [0.1, 0.15) is 11.3 Å². The fraction of sp³-hybridized carbons (Fsp3) is 0.167. The number of hydrogen-bond acceptors (Lipinski definition) is 4. The Balaban J connectivity index is 1.96. The van der Waals surface area contributed by atoms with Gasteiger partial charge < -0.3 is 0 Å². The van der Waals surface area contributed by atoms with Crippen molar-refractivity contribution in [3.8, 4) is 0 Å². The molecule has 3 rings (SSSR count). The lowest BCUT2D eigenvalue weighted by Crippen LogP contribution is -2.25. The van der Waals surface area contributed by atoms with E-state index in [9.17, 15) is 17.2 Å². The van der Waals surface area contributed by atoms with Gasteiger partial charge in [0.25, 0.3) is 0 Å². The molecule has 1 aliphatic heterocycles. The van der Waals surface area contributed by atoms with Crippen LogP contribution in [-0.4, -0.2) is 22.7 Å². The van der Waals surface area contributed by atoms with Gasteiger partial charge in [-0.25, -0.2) is 27.2 Å². The third-order valence-corrected chi connectivity index (χ3v) is 4.87. The minimum atomic E-state index is -3.89. The number of nitrogens with zero attached hydrogens (tertiary/aromatic N) is 3. The lowest BCUT2D eigenvalue weighted by atomic mass is 10.3. The van der Waals surface area contributed by atoms with Crippen molar-refractivity contribution in [3.05, 3.63) is 53.6 Å². The van der Waals surface area contributed by atoms with Crippen LogP contribution in [0.15, 0.2) is 35.6 Å². The number of halogens is 2. The molecule has 8 heteroatoms. The maximum absolute atomic E-state index is 13.2. The Kier molecular flexibility index (Phi) is 2.98. The summed E-state index contributed by atoms with van der Waals surface area (Å²) in [6.45, 7) is 0.219. The van der Waals surface area contributed by atoms with Gasteiger partial charge in [-0.05, 0) is 18.2 Å². The monoisotopic (exact) mass is 297 g/mol. The highest BCUT2D eigenvalue weighted by atomic mass is 32.2. The van der Waals surface area contributed by atoms with Crippen LogP contribution in [0.3, 0.4) is 0 Å². The Labute approximate surface area is 114 Å². The van der Waals surface area contributed by atoms with Crippen LogP contribution in [0.5, 0.6) is 0 Å². The first-order valence-corrected chi connectivity index (χ1v) is 7.15. The van der Waals surface area contributed by atoms with Crippen LogP contribution in [0, 0.1) is 11.6 Å². The molecular weight excluding hydrogens is 288 g/mol. The third kappa shape index (κ3) is 2.06. The first kappa shape index (κ1) is 13.1. The second-order valence-corrected chi connectivity index (χ2v) is 6.28. The molecule has 0 saturated carbocycles. The summed E-state index contributed by atoms with van der Waals surface area (Å²) in [5, 5.41) is 0. The molecule has 0 saturated heterocycles. The maximum Gasteiger partial charge on any atom is 0.243 e. The van der Waals surface area contributed by atoms with Gasteiger partial charge in [0.05, 0.1) is 17.1 Å². The van der Waals surface area contributed by atoms with E-state index in [0.29, 0.717) is 17.3 Å². The van der Waals surface area contributed by atoms with Gasteiger partial charge in [0.1, 0.15) is 6.33 Å². The number of hydrogen-bond donors (Lipinski definition) is 0. The summed E-state index contributed by atoms with van der Waals surface area (Å²) in [5.41, 5.74) is 1.32. The number of aromatic nitrogens is 2. The van der Waals surface area contributed by atoms with Gasteiger partial charge in [0, 0.05) is 18.3 Å². The van der Waals surface area contributed by atoms with E-state index in [-0.39, 0.29) is 18.0 Å². The van der Waals surface area contributed by atoms with Gasteiger partial charge in [0.2, 0.25) is 10.0 Å². The van der Waals surface area contributed by atoms with Gasteiger partial charge in [-0.2, -0.15) is 4.31 Å². The minimum absolute atomic E-state index is 0.0964. The molecule has 104 valence electrons. The molecule has 0 unspecified atom stereocenters. The highest BCUT2D eigenvalue weighted by Crippen LogP contribution is 2.27. The van der Waals surface area contributed by atoms with Crippen LogP contribution in [0.25, 0.3) is 0 Å². The van der Waals surface area contributed by atoms with E-state index in [0.717, 1.165) is 16.4 Å². The van der Waals surface area contributed by atoms with Crippen LogP contribution in [0.2, 0.25) is 0 Å². The Hall–Kier alpha value is -1.93. The summed E-state index contributed by atoms with van der Waals surface area (Å²) in [7, 11) is -3.89. The number of sulfonamides is 1. The standard InChI is InChI=1S/C12H9F2N3O2S/c13-10-2-1-9(3-11(10)14)20(18,19)17-5-8-4-15-7-16-12(8)6-17/h1-4,7H,5-6H2. The topological polar surface area (TPSA) is 63.2 Å². The predicted octanol–water partition coefficient (Wildman–Crippen LogP) is 1.46. The van der Waals surface area contributed by atoms with Crippen molar-refractivity contribution in [2.45, 2.75) is 18.0 Å². The molecule has 1 aromatic heterocycles. The second-order valence-electron chi connectivity index (χ2n) is 4.34. The highest BCUT2D eigenvalue weighted by molar-refractivity contribution is 7.89. The summed E-state index contributed by atoms with van der Waals surface area (Å²) in [4.78, 5) is 7.55. The molecule has 2 heterocycles. The molecule has 0 spiro atoms. The predicted molar refractivity (Wildman–Crippen MR) is 64.8 cm³/mol. The van der Waals surface area contributed by atoms with Crippen LogP contribution in [0.4, 0.5) is 8.78 Å². The van der Waals surface area contributed by atoms with E-state index in [4.69, 9.17) is 0 Å². The quantitative estimate of drug-likeness (QED) is 0.842. The van der Waals surface area contributed by atoms with Gasteiger partial charge in [-0.15, -0.1) is 0 Å². The average Bonchev–Trinajstić information content (AvgIpc) is 2.86. The van der Waals surface area contributed by atoms with Crippen molar-refractivity contribution in [3.63, 3.8) is 0 Å². The first-order chi connectivity index (χ1) is 9.48. The van der Waals surface area contributed by atoms with E-state index >= 15 is 0 Å². The SMILES string of the molecule is O=S(=O)(c1ccc(F)c(F)c1)N1Cc2cncnc2C1. The Morgan fingerprint density at radius 1 is 1.15 bits per heavy atom. The van der Waals surface area contributed by atoms with Gasteiger partial charge in [-0.3, -0.25) is 0 Å². The van der Waals surface area contributed by atoms with E-state index in [1.807, 2.05) is 0 Å². The first-order valence-electron chi connectivity index (χ1n) is 5.71. The van der Waals surface area contributed by atoms with Gasteiger partial charge in [0.15, 0.2) is 11.6 Å². The third-order valence-electron chi connectivity index (χ3n) is 3.08. The second kappa shape index (κ2) is 4.57. The molecule has 5 nitrogen and oxygen atoms in total. The normalized spacial score (nSPS) is 15.3. The molecule has 0 aliphatic carbocycles. The minimum Gasteiger partial charge on any atom is -0.244 e. The molecule has 0 amide bonds. The van der Waals surface area contributed by atoms with Crippen molar-refractivity contribution in [1.29, 1.82) is 0 Å². The van der Waals surface area contributed by atoms with Crippen molar-refractivity contribution in [2.75, 3.05) is 0 Å². The summed E-state index contributed by atoms with van der Waals surface area (Å²) < 4.78 is 51.9. The molecule has 1 aromatic carbocycles. The van der Waals surface area contributed by atoms with Crippen molar-refractivity contribution in [1.82, 2.24) is 14.3 Å². The number of benzene rings is 1. The van der Waals surface area contributed by atoms with Crippen LogP contribution >= 0.6 is 0 Å². The largest absolute Gasteiger partial charge is 0.244 e. The lowest BCUT2D eigenvalue weighted by Gasteiger charge is -2.15. The van der Waals surface area contributed by atoms with Gasteiger partial charge >= 0.3 is 0 Å². The summed E-state index contributed by atoms with van der Waals surface area (Å²) in [6, 6.07) is 2.52. The summed E-state index contributed by atoms with van der Waals surface area (Å²) in [5.74, 6) is -2.28. The van der Waals surface area contributed by atoms with Crippen molar-refractivity contribution < 1.29 is 17.2 Å². The van der Waals surface area contributed by atoms with Crippen molar-refractivity contribution in [2.24, 2.45) is 0 Å². The van der Waals surface area contributed by atoms with E-state index in [1.165, 1.54) is 6.33 Å². The highest BCUT2D eigenvalue weighted by Gasteiger charge is 2.31. The Bertz CT molecular complexity index is 755.